The third-order valence-corrected chi connectivity index (χ3v) is 2.35. The fourth-order valence-corrected chi connectivity index (χ4v) is 1.54. The minimum Gasteiger partial charge on any atom is -0.341 e. The Labute approximate surface area is 88.9 Å². The Morgan fingerprint density at radius 3 is 3.13 bits per heavy atom. The van der Waals surface area contributed by atoms with Crippen LogP contribution >= 0.6 is 11.3 Å². The van der Waals surface area contributed by atoms with Gasteiger partial charge in [-0.25, -0.2) is 4.98 Å². The zero-order valence-electron chi connectivity index (χ0n) is 7.84. The molecule has 7 nitrogen and oxygen atoms in total. The van der Waals surface area contributed by atoms with E-state index in [2.05, 4.69) is 30.9 Å². The minimum absolute atomic E-state index is 0.242. The van der Waals surface area contributed by atoms with Gasteiger partial charge in [-0.2, -0.15) is 5.21 Å². The molecule has 78 valence electrons. The number of hydrogen-bond acceptors (Lipinski definition) is 6. The maximum Gasteiger partial charge on any atom is 0.271 e. The van der Waals surface area contributed by atoms with E-state index in [0.29, 0.717) is 11.5 Å². The fraction of sp³-hybridized carbons (Fsp3) is 0.286. The van der Waals surface area contributed by atoms with Crippen molar-refractivity contribution in [1.29, 1.82) is 0 Å². The van der Waals surface area contributed by atoms with Crippen molar-refractivity contribution in [3.63, 3.8) is 0 Å². The van der Waals surface area contributed by atoms with Crippen molar-refractivity contribution in [2.75, 3.05) is 0 Å². The second-order valence-electron chi connectivity index (χ2n) is 2.84. The molecule has 2 heterocycles. The summed E-state index contributed by atoms with van der Waals surface area (Å²) in [5.74, 6) is 0.201. The van der Waals surface area contributed by atoms with Crippen molar-refractivity contribution >= 4 is 17.2 Å². The lowest BCUT2D eigenvalue weighted by Gasteiger charge is -2.07. The number of carbonyl (C=O) groups excluding carboxylic acids is 1. The van der Waals surface area contributed by atoms with Gasteiger partial charge in [0.15, 0.2) is 5.82 Å². The highest BCUT2D eigenvalue weighted by atomic mass is 32.1. The molecule has 0 saturated carbocycles. The van der Waals surface area contributed by atoms with Crippen LogP contribution in [0.5, 0.6) is 0 Å². The van der Waals surface area contributed by atoms with Crippen LogP contribution in [0.25, 0.3) is 0 Å². The largest absolute Gasteiger partial charge is 0.341 e. The number of tetrazole rings is 1. The molecule has 2 aromatic rings. The number of thiazole rings is 1. The summed E-state index contributed by atoms with van der Waals surface area (Å²) in [6.45, 7) is 1.77. The third-order valence-electron chi connectivity index (χ3n) is 1.76. The van der Waals surface area contributed by atoms with Gasteiger partial charge < -0.3 is 5.32 Å². The van der Waals surface area contributed by atoms with Crippen LogP contribution in [0.15, 0.2) is 10.9 Å². The molecule has 1 amide bonds. The zero-order chi connectivity index (χ0) is 10.7. The molecular formula is C7H8N6OS. The third kappa shape index (κ3) is 2.15. The van der Waals surface area contributed by atoms with E-state index in [9.17, 15) is 4.79 Å². The molecule has 0 fully saturated rings. The zero-order valence-corrected chi connectivity index (χ0v) is 8.65. The van der Waals surface area contributed by atoms with E-state index in [1.807, 2.05) is 0 Å². The lowest BCUT2D eigenvalue weighted by atomic mass is 10.3. The molecule has 2 aromatic heterocycles. The number of hydrogen-bond donors (Lipinski definition) is 2. The van der Waals surface area contributed by atoms with Crippen LogP contribution in [0.2, 0.25) is 0 Å². The van der Waals surface area contributed by atoms with Crippen LogP contribution in [0.3, 0.4) is 0 Å². The van der Waals surface area contributed by atoms with Gasteiger partial charge in [0.25, 0.3) is 5.91 Å². The van der Waals surface area contributed by atoms with E-state index >= 15 is 0 Å². The van der Waals surface area contributed by atoms with Crippen molar-refractivity contribution in [1.82, 2.24) is 30.9 Å². The van der Waals surface area contributed by atoms with Crippen molar-refractivity contribution in [3.05, 3.63) is 22.4 Å². The van der Waals surface area contributed by atoms with Gasteiger partial charge in [-0.3, -0.25) is 4.79 Å². The normalized spacial score (nSPS) is 12.3. The molecule has 1 atom stereocenters. The van der Waals surface area contributed by atoms with Crippen LogP contribution in [-0.4, -0.2) is 31.5 Å². The van der Waals surface area contributed by atoms with Crippen LogP contribution in [0, 0.1) is 0 Å². The Hall–Kier alpha value is -1.83. The fourth-order valence-electron chi connectivity index (χ4n) is 1.01. The first kappa shape index (κ1) is 9.71. The summed E-state index contributed by atoms with van der Waals surface area (Å²) in [5.41, 5.74) is 2.00. The standard InChI is InChI=1S/C7H8N6OS/c1-4(6-10-12-13-11-6)9-7(14)5-2-15-3-8-5/h2-4H,1H3,(H,9,14)(H,10,11,12,13). The highest BCUT2D eigenvalue weighted by Gasteiger charge is 2.15. The number of aromatic nitrogens is 5. The van der Waals surface area contributed by atoms with Crippen molar-refractivity contribution in [2.24, 2.45) is 0 Å². The van der Waals surface area contributed by atoms with Gasteiger partial charge >= 0.3 is 0 Å². The number of aromatic amines is 1. The number of H-pyrrole nitrogens is 1. The average Bonchev–Trinajstić information content (AvgIpc) is 2.91. The molecule has 1 unspecified atom stereocenters. The van der Waals surface area contributed by atoms with Gasteiger partial charge in [0.1, 0.15) is 5.69 Å². The van der Waals surface area contributed by atoms with E-state index < -0.39 is 0 Å². The van der Waals surface area contributed by atoms with E-state index in [1.54, 1.807) is 17.8 Å². The Morgan fingerprint density at radius 1 is 1.67 bits per heavy atom. The summed E-state index contributed by atoms with van der Waals surface area (Å²) in [6, 6.07) is -0.294. The molecular weight excluding hydrogens is 216 g/mol. The molecule has 0 aliphatic carbocycles. The lowest BCUT2D eigenvalue weighted by molar-refractivity contribution is 0.0934. The van der Waals surface area contributed by atoms with Crippen LogP contribution in [0.1, 0.15) is 29.3 Å². The van der Waals surface area contributed by atoms with Gasteiger partial charge in [0.2, 0.25) is 0 Å². The van der Waals surface area contributed by atoms with Crippen LogP contribution < -0.4 is 5.32 Å². The number of rotatable bonds is 3. The first-order chi connectivity index (χ1) is 7.27. The minimum atomic E-state index is -0.294. The van der Waals surface area contributed by atoms with Gasteiger partial charge in [0.05, 0.1) is 11.6 Å². The van der Waals surface area contributed by atoms with E-state index in [4.69, 9.17) is 0 Å². The smallest absolute Gasteiger partial charge is 0.271 e. The predicted octanol–water partition coefficient (Wildman–Crippen LogP) is 0.147. The van der Waals surface area contributed by atoms with Crippen molar-refractivity contribution in [2.45, 2.75) is 13.0 Å². The van der Waals surface area contributed by atoms with Crippen molar-refractivity contribution < 1.29 is 4.79 Å². The summed E-state index contributed by atoms with van der Waals surface area (Å²) in [7, 11) is 0. The topological polar surface area (TPSA) is 96.5 Å². The van der Waals surface area contributed by atoms with Crippen LogP contribution in [0.4, 0.5) is 0 Å². The highest BCUT2D eigenvalue weighted by molar-refractivity contribution is 7.07. The number of nitrogens with zero attached hydrogens (tertiary/aromatic N) is 4. The number of amides is 1. The van der Waals surface area contributed by atoms with E-state index in [0.717, 1.165) is 0 Å². The molecule has 2 N–H and O–H groups in total. The molecule has 0 aliphatic heterocycles. The maximum atomic E-state index is 11.6. The average molecular weight is 224 g/mol. The van der Waals surface area contributed by atoms with Gasteiger partial charge in [-0.15, -0.1) is 21.5 Å². The van der Waals surface area contributed by atoms with Gasteiger partial charge in [-0.05, 0) is 6.92 Å². The Morgan fingerprint density at radius 2 is 2.53 bits per heavy atom. The second kappa shape index (κ2) is 4.13. The number of nitrogens with one attached hydrogen (secondary N) is 2. The summed E-state index contributed by atoms with van der Waals surface area (Å²) >= 11 is 1.37. The maximum absolute atomic E-state index is 11.6. The molecule has 8 heteroatoms. The summed E-state index contributed by atoms with van der Waals surface area (Å²) in [5, 5.41) is 17.7. The van der Waals surface area contributed by atoms with E-state index in [-0.39, 0.29) is 11.9 Å². The highest BCUT2D eigenvalue weighted by Crippen LogP contribution is 2.06. The van der Waals surface area contributed by atoms with Crippen molar-refractivity contribution in [3.8, 4) is 0 Å². The molecule has 15 heavy (non-hydrogen) atoms. The Kier molecular flexibility index (Phi) is 2.68. The molecule has 0 saturated heterocycles. The van der Waals surface area contributed by atoms with Crippen LogP contribution in [-0.2, 0) is 0 Å². The number of carbonyl (C=O) groups is 1. The van der Waals surface area contributed by atoms with Gasteiger partial charge in [0, 0.05) is 5.38 Å². The van der Waals surface area contributed by atoms with E-state index in [1.165, 1.54) is 11.3 Å². The Balaban J connectivity index is 2.01. The monoisotopic (exact) mass is 224 g/mol. The lowest BCUT2D eigenvalue weighted by Crippen LogP contribution is -2.27. The van der Waals surface area contributed by atoms with Gasteiger partial charge in [-0.1, -0.05) is 5.21 Å². The SMILES string of the molecule is CC(NC(=O)c1cscn1)c1nn[nH]n1. The summed E-state index contributed by atoms with van der Waals surface area (Å²) in [6.07, 6.45) is 0. The molecule has 0 aromatic carbocycles. The molecule has 0 radical (unpaired) electrons. The molecule has 0 spiro atoms. The molecule has 0 aliphatic rings. The second-order valence-corrected chi connectivity index (χ2v) is 3.56. The Bertz CT molecular complexity index is 424. The first-order valence-corrected chi connectivity index (χ1v) is 5.14. The quantitative estimate of drug-likeness (QED) is 0.773. The predicted molar refractivity (Wildman–Crippen MR) is 52.2 cm³/mol. The summed E-state index contributed by atoms with van der Waals surface area (Å²) < 4.78 is 0. The molecule has 2 rings (SSSR count). The summed E-state index contributed by atoms with van der Waals surface area (Å²) in [4.78, 5) is 15.5. The first-order valence-electron chi connectivity index (χ1n) is 4.20. The molecule has 0 bridgehead atoms.